The third-order valence-electron chi connectivity index (χ3n) is 3.41. The summed E-state index contributed by atoms with van der Waals surface area (Å²) in [6, 6.07) is 2.12. The first kappa shape index (κ1) is 14.0. The van der Waals surface area contributed by atoms with Gasteiger partial charge in [0.1, 0.15) is 11.9 Å². The van der Waals surface area contributed by atoms with Crippen molar-refractivity contribution in [2.75, 3.05) is 11.9 Å². The lowest BCUT2D eigenvalue weighted by Crippen LogP contribution is -2.30. The molecular formula is C14H15N3O3S. The molecule has 3 heterocycles. The predicted molar refractivity (Wildman–Crippen MR) is 78.8 cm³/mol. The summed E-state index contributed by atoms with van der Waals surface area (Å²) < 4.78 is 5.86. The van der Waals surface area contributed by atoms with Crippen molar-refractivity contribution in [3.8, 4) is 0 Å². The van der Waals surface area contributed by atoms with Gasteiger partial charge in [-0.3, -0.25) is 0 Å². The van der Waals surface area contributed by atoms with Crippen LogP contribution < -0.4 is 5.32 Å². The Morgan fingerprint density at radius 3 is 3.10 bits per heavy atom. The number of rotatable bonds is 4. The van der Waals surface area contributed by atoms with Gasteiger partial charge in [-0.2, -0.15) is 0 Å². The topological polar surface area (TPSA) is 84.3 Å². The molecule has 3 rings (SSSR count). The number of nitrogens with zero attached hydrogens (tertiary/aromatic N) is 2. The molecule has 0 radical (unpaired) electrons. The van der Waals surface area contributed by atoms with Crippen LogP contribution in [-0.2, 0) is 11.2 Å². The van der Waals surface area contributed by atoms with E-state index >= 15 is 0 Å². The summed E-state index contributed by atoms with van der Waals surface area (Å²) in [5.41, 5.74) is 1.16. The van der Waals surface area contributed by atoms with E-state index in [9.17, 15) is 4.79 Å². The zero-order valence-electron chi connectivity index (χ0n) is 11.4. The summed E-state index contributed by atoms with van der Waals surface area (Å²) in [6.45, 7) is 2.73. The van der Waals surface area contributed by atoms with Gasteiger partial charge in [0.2, 0.25) is 0 Å². The van der Waals surface area contributed by atoms with Gasteiger partial charge in [-0.25, -0.2) is 14.8 Å². The van der Waals surface area contributed by atoms with Gasteiger partial charge in [0.05, 0.1) is 25.0 Å². The van der Waals surface area contributed by atoms with Crippen molar-refractivity contribution in [2.24, 2.45) is 0 Å². The number of carbonyl (C=O) groups is 1. The summed E-state index contributed by atoms with van der Waals surface area (Å²) in [7, 11) is 0. The molecule has 0 bridgehead atoms. The van der Waals surface area contributed by atoms with Crippen LogP contribution in [0.5, 0.6) is 0 Å². The Labute approximate surface area is 125 Å². The monoisotopic (exact) mass is 305 g/mol. The van der Waals surface area contributed by atoms with Gasteiger partial charge in [0.15, 0.2) is 5.69 Å². The molecule has 2 atom stereocenters. The van der Waals surface area contributed by atoms with Crippen molar-refractivity contribution in [3.63, 3.8) is 0 Å². The average Bonchev–Trinajstić information content (AvgIpc) is 2.96. The minimum atomic E-state index is -1.08. The molecule has 2 N–H and O–H groups in total. The summed E-state index contributed by atoms with van der Waals surface area (Å²) in [6.07, 6.45) is 3.61. The summed E-state index contributed by atoms with van der Waals surface area (Å²) in [5, 5.41) is 14.1. The number of thiophene rings is 1. The highest BCUT2D eigenvalue weighted by molar-refractivity contribution is 7.10. The highest BCUT2D eigenvalue weighted by atomic mass is 32.1. The molecule has 0 aromatic carbocycles. The first-order chi connectivity index (χ1) is 10.1. The van der Waals surface area contributed by atoms with E-state index in [1.807, 2.05) is 6.92 Å². The summed E-state index contributed by atoms with van der Waals surface area (Å²) in [4.78, 5) is 20.0. The van der Waals surface area contributed by atoms with Crippen LogP contribution in [0, 0.1) is 0 Å². The molecule has 21 heavy (non-hydrogen) atoms. The van der Waals surface area contributed by atoms with Crippen molar-refractivity contribution in [3.05, 3.63) is 40.0 Å². The van der Waals surface area contributed by atoms with Gasteiger partial charge in [0.25, 0.3) is 0 Å². The molecule has 0 fully saturated rings. The van der Waals surface area contributed by atoms with Crippen LogP contribution in [0.15, 0.2) is 23.8 Å². The minimum Gasteiger partial charge on any atom is -0.476 e. The molecule has 0 spiro atoms. The first-order valence-corrected chi connectivity index (χ1v) is 7.53. The number of hydrogen-bond donors (Lipinski definition) is 2. The molecule has 0 saturated heterocycles. The smallest absolute Gasteiger partial charge is 0.356 e. The van der Waals surface area contributed by atoms with Gasteiger partial charge < -0.3 is 15.2 Å². The molecule has 2 aromatic rings. The lowest BCUT2D eigenvalue weighted by molar-refractivity contribution is 0.0339. The van der Waals surface area contributed by atoms with Crippen LogP contribution in [0.1, 0.15) is 34.0 Å². The Morgan fingerprint density at radius 1 is 1.52 bits per heavy atom. The average molecular weight is 305 g/mol. The molecule has 1 aliphatic heterocycles. The van der Waals surface area contributed by atoms with Crippen molar-refractivity contribution in [1.82, 2.24) is 9.97 Å². The van der Waals surface area contributed by atoms with Crippen molar-refractivity contribution in [2.45, 2.75) is 25.5 Å². The molecule has 0 saturated carbocycles. The summed E-state index contributed by atoms with van der Waals surface area (Å²) in [5.74, 6) is -0.543. The Kier molecular flexibility index (Phi) is 3.85. The standard InChI is InChI=1S/C14H15N3O3S/c1-8(13-9-3-5-21-11(9)2-4-20-13)17-12-7-15-10(6-16-12)14(18)19/h3,5-8,13H,2,4H2,1H3,(H,16,17)(H,18,19). The van der Waals surface area contributed by atoms with E-state index in [1.165, 1.54) is 22.8 Å². The van der Waals surface area contributed by atoms with Crippen LogP contribution >= 0.6 is 11.3 Å². The number of aromatic nitrogens is 2. The number of carboxylic acids is 1. The first-order valence-electron chi connectivity index (χ1n) is 6.65. The zero-order valence-corrected chi connectivity index (χ0v) is 12.3. The SMILES string of the molecule is CC(Nc1cnc(C(=O)O)cn1)C1OCCc2sccc21. The van der Waals surface area contributed by atoms with Crippen molar-refractivity contribution in [1.29, 1.82) is 0 Å². The normalized spacial score (nSPS) is 18.8. The second-order valence-electron chi connectivity index (χ2n) is 4.87. The number of ether oxygens (including phenoxy) is 1. The van der Waals surface area contributed by atoms with Gasteiger partial charge in [-0.1, -0.05) is 0 Å². The molecule has 110 valence electrons. The van der Waals surface area contributed by atoms with Crippen molar-refractivity contribution >= 4 is 23.1 Å². The molecule has 2 unspecified atom stereocenters. The highest BCUT2D eigenvalue weighted by Crippen LogP contribution is 2.33. The van der Waals surface area contributed by atoms with E-state index in [2.05, 4.69) is 26.7 Å². The highest BCUT2D eigenvalue weighted by Gasteiger charge is 2.27. The van der Waals surface area contributed by atoms with Gasteiger partial charge in [-0.05, 0) is 23.9 Å². The second kappa shape index (κ2) is 5.79. The molecular weight excluding hydrogens is 290 g/mol. The second-order valence-corrected chi connectivity index (χ2v) is 5.87. The van der Waals surface area contributed by atoms with Crippen LogP contribution in [0.25, 0.3) is 0 Å². The lowest BCUT2D eigenvalue weighted by Gasteiger charge is -2.29. The number of carboxylic acid groups (broad SMARTS) is 1. The Morgan fingerprint density at radius 2 is 2.38 bits per heavy atom. The fourth-order valence-corrected chi connectivity index (χ4v) is 3.31. The fraction of sp³-hybridized carbons (Fsp3) is 0.357. The Balaban J connectivity index is 1.72. The van der Waals surface area contributed by atoms with E-state index in [1.54, 1.807) is 11.3 Å². The largest absolute Gasteiger partial charge is 0.476 e. The number of nitrogens with one attached hydrogen (secondary N) is 1. The van der Waals surface area contributed by atoms with E-state index in [4.69, 9.17) is 9.84 Å². The molecule has 0 amide bonds. The molecule has 1 aliphatic rings. The third-order valence-corrected chi connectivity index (χ3v) is 4.41. The van der Waals surface area contributed by atoms with Crippen molar-refractivity contribution < 1.29 is 14.6 Å². The quantitative estimate of drug-likeness (QED) is 0.902. The van der Waals surface area contributed by atoms with Crippen LogP contribution in [0.4, 0.5) is 5.82 Å². The zero-order chi connectivity index (χ0) is 14.8. The van der Waals surface area contributed by atoms with E-state index in [0.29, 0.717) is 12.4 Å². The molecule has 6 nitrogen and oxygen atoms in total. The van der Waals surface area contributed by atoms with Crippen LogP contribution in [-0.4, -0.2) is 33.7 Å². The van der Waals surface area contributed by atoms with Gasteiger partial charge >= 0.3 is 5.97 Å². The molecule has 7 heteroatoms. The molecule has 0 aliphatic carbocycles. The van der Waals surface area contributed by atoms with Gasteiger partial charge in [0, 0.05) is 11.3 Å². The number of anilines is 1. The minimum absolute atomic E-state index is 0.0172. The number of fused-ring (bicyclic) bond motifs is 1. The maximum atomic E-state index is 10.7. The van der Waals surface area contributed by atoms with E-state index in [-0.39, 0.29) is 17.8 Å². The van der Waals surface area contributed by atoms with E-state index < -0.39 is 5.97 Å². The number of hydrogen-bond acceptors (Lipinski definition) is 6. The van der Waals surface area contributed by atoms with Crippen LogP contribution in [0.3, 0.4) is 0 Å². The number of aromatic carboxylic acids is 1. The third kappa shape index (κ3) is 2.88. The Bertz CT molecular complexity index is 641. The summed E-state index contributed by atoms with van der Waals surface area (Å²) >= 11 is 1.76. The fourth-order valence-electron chi connectivity index (χ4n) is 2.41. The van der Waals surface area contributed by atoms with E-state index in [0.717, 1.165) is 6.42 Å². The molecule has 2 aromatic heterocycles. The maximum absolute atomic E-state index is 10.7. The predicted octanol–water partition coefficient (Wildman–Crippen LogP) is 2.35. The maximum Gasteiger partial charge on any atom is 0.356 e. The van der Waals surface area contributed by atoms with Crippen LogP contribution in [0.2, 0.25) is 0 Å². The Hall–Kier alpha value is -1.99. The lowest BCUT2D eigenvalue weighted by atomic mass is 10.0. The van der Waals surface area contributed by atoms with Gasteiger partial charge in [-0.15, -0.1) is 11.3 Å².